The Kier molecular flexibility index (Phi) is 4.43. The third-order valence-corrected chi connectivity index (χ3v) is 4.48. The highest BCUT2D eigenvalue weighted by Crippen LogP contribution is 2.23. The fourth-order valence-electron chi connectivity index (χ4n) is 3.29. The molecule has 0 saturated carbocycles. The second kappa shape index (κ2) is 7.03. The van der Waals surface area contributed by atoms with E-state index in [1.807, 2.05) is 18.2 Å². The number of fused-ring (bicyclic) bond motifs is 1. The largest absolute Gasteiger partial charge is 0.464 e. The van der Waals surface area contributed by atoms with Gasteiger partial charge in [0.2, 0.25) is 5.82 Å². The summed E-state index contributed by atoms with van der Waals surface area (Å²) in [6.45, 7) is 2.35. The van der Waals surface area contributed by atoms with Gasteiger partial charge in [0.1, 0.15) is 5.58 Å². The van der Waals surface area contributed by atoms with Crippen LogP contribution in [-0.4, -0.2) is 47.1 Å². The summed E-state index contributed by atoms with van der Waals surface area (Å²) in [5, 5.41) is 1.12. The summed E-state index contributed by atoms with van der Waals surface area (Å²) in [7, 11) is 0. The molecule has 1 saturated heterocycles. The lowest BCUT2D eigenvalue weighted by Gasteiger charge is -2.23. The smallest absolute Gasteiger partial charge is 0.291 e. The van der Waals surface area contributed by atoms with Crippen LogP contribution in [-0.2, 0) is 11.2 Å². The van der Waals surface area contributed by atoms with Crippen molar-refractivity contribution in [3.05, 3.63) is 60.4 Å². The number of hydrogen-bond acceptors (Lipinski definition) is 5. The van der Waals surface area contributed by atoms with Crippen LogP contribution in [0.1, 0.15) is 16.2 Å². The molecular formula is C19H19N3O3. The molecule has 1 aromatic carbocycles. The molecule has 6 heteroatoms. The van der Waals surface area contributed by atoms with E-state index in [9.17, 15) is 4.79 Å². The fourth-order valence-corrected chi connectivity index (χ4v) is 3.29. The van der Waals surface area contributed by atoms with Gasteiger partial charge in [-0.1, -0.05) is 12.1 Å². The van der Waals surface area contributed by atoms with Gasteiger partial charge in [-0.15, -0.1) is 0 Å². The van der Waals surface area contributed by atoms with Crippen LogP contribution in [0.15, 0.2) is 53.4 Å². The minimum Gasteiger partial charge on any atom is -0.464 e. The molecular weight excluding hydrogens is 318 g/mol. The number of amides is 1. The molecule has 0 N–H and O–H groups in total. The van der Waals surface area contributed by atoms with Gasteiger partial charge in [0, 0.05) is 36.8 Å². The van der Waals surface area contributed by atoms with E-state index in [1.54, 1.807) is 29.6 Å². The average molecular weight is 337 g/mol. The fraction of sp³-hybridized carbons (Fsp3) is 0.316. The van der Waals surface area contributed by atoms with Crippen molar-refractivity contribution in [2.75, 3.05) is 26.3 Å². The van der Waals surface area contributed by atoms with Crippen molar-refractivity contribution in [1.29, 1.82) is 0 Å². The summed E-state index contributed by atoms with van der Waals surface area (Å²) in [6.07, 6.45) is 5.72. The molecule has 1 amide bonds. The Hall–Kier alpha value is -2.73. The average Bonchev–Trinajstić information content (AvgIpc) is 3.02. The van der Waals surface area contributed by atoms with Crippen molar-refractivity contribution in [1.82, 2.24) is 14.9 Å². The molecule has 128 valence electrons. The summed E-state index contributed by atoms with van der Waals surface area (Å²) in [5.74, 6) is 0.313. The van der Waals surface area contributed by atoms with Crippen molar-refractivity contribution in [2.24, 2.45) is 5.92 Å². The van der Waals surface area contributed by atoms with Gasteiger partial charge in [0.15, 0.2) is 0 Å². The predicted molar refractivity (Wildman–Crippen MR) is 92.2 cm³/mol. The lowest BCUT2D eigenvalue weighted by molar-refractivity contribution is 0.0725. The second-order valence-corrected chi connectivity index (χ2v) is 6.22. The molecule has 0 bridgehead atoms. The molecule has 1 atom stereocenters. The molecule has 2 aromatic heterocycles. The van der Waals surface area contributed by atoms with Crippen LogP contribution in [0.3, 0.4) is 0 Å². The lowest BCUT2D eigenvalue weighted by atomic mass is 9.97. The molecule has 1 fully saturated rings. The highest BCUT2D eigenvalue weighted by molar-refractivity contribution is 5.90. The zero-order valence-electron chi connectivity index (χ0n) is 13.8. The van der Waals surface area contributed by atoms with E-state index in [-0.39, 0.29) is 17.6 Å². The summed E-state index contributed by atoms with van der Waals surface area (Å²) in [4.78, 5) is 22.6. The van der Waals surface area contributed by atoms with E-state index >= 15 is 0 Å². The van der Waals surface area contributed by atoms with Crippen molar-refractivity contribution in [3.8, 4) is 0 Å². The molecule has 3 aromatic rings. The van der Waals surface area contributed by atoms with Crippen LogP contribution in [0, 0.1) is 5.92 Å². The second-order valence-electron chi connectivity index (χ2n) is 6.22. The number of furan rings is 1. The normalized spacial score (nSPS) is 18.2. The van der Waals surface area contributed by atoms with Gasteiger partial charge in [0.25, 0.3) is 5.91 Å². The van der Waals surface area contributed by atoms with Gasteiger partial charge < -0.3 is 14.1 Å². The Bertz CT molecular complexity index is 862. The zero-order valence-corrected chi connectivity index (χ0v) is 13.8. The number of carbonyl (C=O) groups is 1. The summed E-state index contributed by atoms with van der Waals surface area (Å²) in [5.41, 5.74) is 2.10. The minimum atomic E-state index is -0.141. The Morgan fingerprint density at radius 1 is 1.20 bits per heavy atom. The first kappa shape index (κ1) is 15.8. The molecule has 4 rings (SSSR count). The Labute approximate surface area is 145 Å². The molecule has 0 radical (unpaired) electrons. The van der Waals surface area contributed by atoms with Gasteiger partial charge in [-0.3, -0.25) is 4.79 Å². The topological polar surface area (TPSA) is 68.5 Å². The molecule has 0 unspecified atom stereocenters. The summed E-state index contributed by atoms with van der Waals surface area (Å²) in [6, 6.07) is 9.76. The van der Waals surface area contributed by atoms with Gasteiger partial charge in [-0.2, -0.15) is 0 Å². The maximum absolute atomic E-state index is 12.7. The van der Waals surface area contributed by atoms with E-state index < -0.39 is 0 Å². The summed E-state index contributed by atoms with van der Waals surface area (Å²) >= 11 is 0. The Balaban J connectivity index is 1.52. The first-order valence-corrected chi connectivity index (χ1v) is 8.40. The lowest BCUT2D eigenvalue weighted by Crippen LogP contribution is -2.37. The van der Waals surface area contributed by atoms with Crippen LogP contribution < -0.4 is 0 Å². The van der Waals surface area contributed by atoms with Crippen molar-refractivity contribution in [2.45, 2.75) is 6.42 Å². The van der Waals surface area contributed by atoms with Gasteiger partial charge in [0.05, 0.1) is 19.5 Å². The van der Waals surface area contributed by atoms with Crippen LogP contribution in [0.4, 0.5) is 0 Å². The van der Waals surface area contributed by atoms with E-state index in [2.05, 4.69) is 16.0 Å². The van der Waals surface area contributed by atoms with Crippen LogP contribution >= 0.6 is 0 Å². The number of aromatic nitrogens is 2. The first-order chi connectivity index (χ1) is 12.3. The highest BCUT2D eigenvalue weighted by atomic mass is 16.5. The summed E-state index contributed by atoms with van der Waals surface area (Å²) < 4.78 is 11.2. The number of rotatable bonds is 3. The Morgan fingerprint density at radius 3 is 2.96 bits per heavy atom. The van der Waals surface area contributed by atoms with E-state index in [0.29, 0.717) is 26.3 Å². The molecule has 1 aliphatic heterocycles. The van der Waals surface area contributed by atoms with E-state index in [0.717, 1.165) is 17.4 Å². The van der Waals surface area contributed by atoms with E-state index in [1.165, 1.54) is 5.56 Å². The van der Waals surface area contributed by atoms with Crippen molar-refractivity contribution in [3.63, 3.8) is 0 Å². The first-order valence-electron chi connectivity index (χ1n) is 8.40. The molecule has 0 spiro atoms. The molecule has 3 heterocycles. The molecule has 6 nitrogen and oxygen atoms in total. The third-order valence-electron chi connectivity index (χ3n) is 4.48. The van der Waals surface area contributed by atoms with Crippen molar-refractivity contribution >= 4 is 16.9 Å². The van der Waals surface area contributed by atoms with Gasteiger partial charge in [-0.25, -0.2) is 9.97 Å². The number of ether oxygens (including phenoxy) is 1. The molecule has 25 heavy (non-hydrogen) atoms. The van der Waals surface area contributed by atoms with Crippen LogP contribution in [0.2, 0.25) is 0 Å². The predicted octanol–water partition coefficient (Wildman–Crippen LogP) is 2.55. The number of benzene rings is 1. The maximum Gasteiger partial charge on any atom is 0.291 e. The van der Waals surface area contributed by atoms with Crippen LogP contribution in [0.5, 0.6) is 0 Å². The third kappa shape index (κ3) is 3.39. The maximum atomic E-state index is 12.7. The molecule has 0 aliphatic carbocycles. The van der Waals surface area contributed by atoms with Gasteiger partial charge >= 0.3 is 0 Å². The highest BCUT2D eigenvalue weighted by Gasteiger charge is 2.25. The number of nitrogens with zero attached hydrogens (tertiary/aromatic N) is 3. The van der Waals surface area contributed by atoms with Crippen LogP contribution in [0.25, 0.3) is 11.0 Å². The quantitative estimate of drug-likeness (QED) is 0.735. The molecule has 1 aliphatic rings. The van der Waals surface area contributed by atoms with Gasteiger partial charge in [-0.05, 0) is 30.2 Å². The number of hydrogen-bond donors (Lipinski definition) is 0. The standard InChI is InChI=1S/C19H19N3O3/c23-19(18-20-6-2-7-21-18)22-8-10-24-13-14(12-22)11-15-3-1-4-17-16(15)5-9-25-17/h1-7,9,14H,8,10-13H2/t14-/m0/s1. The number of carbonyl (C=O) groups excluding carboxylic acids is 1. The minimum absolute atomic E-state index is 0.141. The van der Waals surface area contributed by atoms with Crippen molar-refractivity contribution < 1.29 is 13.9 Å². The monoisotopic (exact) mass is 337 g/mol. The zero-order chi connectivity index (χ0) is 17.1. The Morgan fingerprint density at radius 2 is 2.08 bits per heavy atom. The SMILES string of the molecule is O=C(c1ncccn1)N1CCOC[C@@H](Cc2cccc3occc23)C1. The van der Waals surface area contributed by atoms with E-state index in [4.69, 9.17) is 9.15 Å².